The highest BCUT2D eigenvalue weighted by Crippen LogP contribution is 2.33. The smallest absolute Gasteiger partial charge is 0.254 e. The van der Waals surface area contributed by atoms with Gasteiger partial charge in [0, 0.05) is 30.0 Å². The van der Waals surface area contributed by atoms with E-state index in [-0.39, 0.29) is 17.8 Å². The Balaban J connectivity index is 1.64. The van der Waals surface area contributed by atoms with Crippen LogP contribution < -0.4 is 0 Å². The highest BCUT2D eigenvalue weighted by Gasteiger charge is 2.38. The molecule has 2 heterocycles. The summed E-state index contributed by atoms with van der Waals surface area (Å²) >= 11 is 0. The van der Waals surface area contributed by atoms with Gasteiger partial charge in [-0.1, -0.05) is 24.3 Å². The van der Waals surface area contributed by atoms with Crippen molar-refractivity contribution >= 4 is 16.7 Å². The van der Waals surface area contributed by atoms with E-state index in [0.29, 0.717) is 34.9 Å². The molecule has 0 saturated carbocycles. The maximum absolute atomic E-state index is 13.9. The number of piperidine rings is 1. The van der Waals surface area contributed by atoms with E-state index in [0.717, 1.165) is 19.4 Å². The number of benzene rings is 2. The third-order valence-electron chi connectivity index (χ3n) is 5.09. The first kappa shape index (κ1) is 14.6. The molecule has 3 atom stereocenters. The fourth-order valence-corrected chi connectivity index (χ4v) is 4.00. The number of rotatable bonds is 1. The predicted octanol–water partition coefficient (Wildman–Crippen LogP) is 3.62. The number of hydrogen-bond acceptors (Lipinski definition) is 2. The minimum atomic E-state index is -0.283. The molecule has 0 N–H and O–H groups in total. The number of nitrogens with zero attached hydrogens (tertiary/aromatic N) is 1. The largest absolute Gasteiger partial charge is 0.375 e. The van der Waals surface area contributed by atoms with Crippen LogP contribution in [-0.2, 0) is 4.74 Å². The van der Waals surface area contributed by atoms with Gasteiger partial charge in [0.1, 0.15) is 5.82 Å². The highest BCUT2D eigenvalue weighted by atomic mass is 19.1. The number of halogens is 1. The Bertz CT molecular complexity index is 760. The molecule has 2 aromatic rings. The lowest BCUT2D eigenvalue weighted by molar-refractivity contribution is 0.00870. The summed E-state index contributed by atoms with van der Waals surface area (Å²) in [5.74, 6) is 0.141. The van der Waals surface area contributed by atoms with Gasteiger partial charge in [0.2, 0.25) is 0 Å². The minimum Gasteiger partial charge on any atom is -0.375 e. The molecule has 4 heteroatoms. The van der Waals surface area contributed by atoms with Crippen molar-refractivity contribution in [2.75, 3.05) is 13.1 Å². The van der Waals surface area contributed by atoms with E-state index < -0.39 is 0 Å². The predicted molar refractivity (Wildman–Crippen MR) is 86.9 cm³/mol. The summed E-state index contributed by atoms with van der Waals surface area (Å²) in [5.41, 5.74) is 0.590. The highest BCUT2D eigenvalue weighted by molar-refractivity contribution is 6.07. The fraction of sp³-hybridized carbons (Fsp3) is 0.421. The summed E-state index contributed by atoms with van der Waals surface area (Å²) in [5, 5.41) is 1.20. The SMILES string of the molecule is C[C@H]1C[C@H]2CN(C(=O)c3ccc(F)c4ccccc34)CC[C@H]2O1. The lowest BCUT2D eigenvalue weighted by atomic mass is 9.92. The third-order valence-corrected chi connectivity index (χ3v) is 5.09. The molecule has 0 bridgehead atoms. The molecular formula is C19H20FNO2. The van der Waals surface area contributed by atoms with Crippen molar-refractivity contribution in [3.63, 3.8) is 0 Å². The lowest BCUT2D eigenvalue weighted by Crippen LogP contribution is -2.44. The molecule has 3 nitrogen and oxygen atoms in total. The van der Waals surface area contributed by atoms with E-state index in [2.05, 4.69) is 6.92 Å². The first-order valence-electron chi connectivity index (χ1n) is 8.25. The van der Waals surface area contributed by atoms with Crippen LogP contribution in [0.25, 0.3) is 10.8 Å². The zero-order valence-electron chi connectivity index (χ0n) is 13.2. The summed E-state index contributed by atoms with van der Waals surface area (Å²) in [6.45, 7) is 3.54. The van der Waals surface area contributed by atoms with Gasteiger partial charge in [0.05, 0.1) is 12.2 Å². The van der Waals surface area contributed by atoms with Crippen molar-refractivity contribution in [1.29, 1.82) is 0 Å². The summed E-state index contributed by atoms with van der Waals surface area (Å²) in [6.07, 6.45) is 2.48. The molecule has 2 aromatic carbocycles. The molecule has 0 radical (unpaired) electrons. The van der Waals surface area contributed by atoms with Gasteiger partial charge < -0.3 is 9.64 Å². The molecule has 2 aliphatic heterocycles. The van der Waals surface area contributed by atoms with Gasteiger partial charge in [0.15, 0.2) is 0 Å². The zero-order valence-corrected chi connectivity index (χ0v) is 13.2. The van der Waals surface area contributed by atoms with Crippen molar-refractivity contribution in [3.05, 3.63) is 47.8 Å². The van der Waals surface area contributed by atoms with E-state index in [4.69, 9.17) is 4.74 Å². The number of amides is 1. The van der Waals surface area contributed by atoms with E-state index >= 15 is 0 Å². The minimum absolute atomic E-state index is 0.000738. The van der Waals surface area contributed by atoms with E-state index in [1.54, 1.807) is 18.2 Å². The summed E-state index contributed by atoms with van der Waals surface area (Å²) in [4.78, 5) is 14.9. The van der Waals surface area contributed by atoms with Crippen LogP contribution in [0, 0.1) is 11.7 Å². The van der Waals surface area contributed by atoms with Gasteiger partial charge >= 0.3 is 0 Å². The Morgan fingerprint density at radius 3 is 2.83 bits per heavy atom. The maximum atomic E-state index is 13.9. The topological polar surface area (TPSA) is 29.5 Å². The molecule has 1 amide bonds. The molecule has 0 aliphatic carbocycles. The summed E-state index contributed by atoms with van der Waals surface area (Å²) in [7, 11) is 0. The van der Waals surface area contributed by atoms with E-state index in [1.165, 1.54) is 6.07 Å². The Hall–Kier alpha value is -1.94. The molecule has 23 heavy (non-hydrogen) atoms. The summed E-state index contributed by atoms with van der Waals surface area (Å²) < 4.78 is 19.8. The average molecular weight is 313 g/mol. The van der Waals surface area contributed by atoms with Gasteiger partial charge in [-0.25, -0.2) is 4.39 Å². The standard InChI is InChI=1S/C19H20FNO2/c1-12-10-13-11-21(9-8-18(13)23-12)19(22)16-6-7-17(20)15-5-3-2-4-14(15)16/h2-7,12-13,18H,8-11H2,1H3/t12-,13-,18+/m0/s1. The molecule has 4 rings (SSSR count). The Labute approximate surface area is 135 Å². The van der Waals surface area contributed by atoms with Crippen molar-refractivity contribution in [3.8, 4) is 0 Å². The van der Waals surface area contributed by atoms with Crippen molar-refractivity contribution < 1.29 is 13.9 Å². The summed E-state index contributed by atoms with van der Waals surface area (Å²) in [6, 6.07) is 10.2. The molecule has 120 valence electrons. The van der Waals surface area contributed by atoms with Gasteiger partial charge in [-0.15, -0.1) is 0 Å². The first-order chi connectivity index (χ1) is 11.1. The number of likely N-dealkylation sites (tertiary alicyclic amines) is 1. The average Bonchev–Trinajstić information content (AvgIpc) is 2.94. The second-order valence-corrected chi connectivity index (χ2v) is 6.66. The Morgan fingerprint density at radius 1 is 1.22 bits per heavy atom. The first-order valence-corrected chi connectivity index (χ1v) is 8.25. The van der Waals surface area contributed by atoms with Crippen LogP contribution in [0.5, 0.6) is 0 Å². The van der Waals surface area contributed by atoms with Crippen molar-refractivity contribution in [1.82, 2.24) is 4.90 Å². The lowest BCUT2D eigenvalue weighted by Gasteiger charge is -2.34. The normalized spacial score (nSPS) is 27.2. The Kier molecular flexibility index (Phi) is 3.57. The van der Waals surface area contributed by atoms with Crippen LogP contribution in [0.15, 0.2) is 36.4 Å². The van der Waals surface area contributed by atoms with Gasteiger partial charge in [-0.2, -0.15) is 0 Å². The molecule has 0 aromatic heterocycles. The number of carbonyl (C=O) groups excluding carboxylic acids is 1. The number of carbonyl (C=O) groups is 1. The Morgan fingerprint density at radius 2 is 2.00 bits per heavy atom. The molecule has 0 spiro atoms. The maximum Gasteiger partial charge on any atom is 0.254 e. The third kappa shape index (κ3) is 2.51. The molecule has 2 aliphatic rings. The van der Waals surface area contributed by atoms with Crippen LogP contribution >= 0.6 is 0 Å². The van der Waals surface area contributed by atoms with Crippen LogP contribution in [-0.4, -0.2) is 36.1 Å². The fourth-order valence-electron chi connectivity index (χ4n) is 4.00. The van der Waals surface area contributed by atoms with Crippen molar-refractivity contribution in [2.24, 2.45) is 5.92 Å². The number of ether oxygens (including phenoxy) is 1. The van der Waals surface area contributed by atoms with Crippen LogP contribution in [0.4, 0.5) is 4.39 Å². The monoisotopic (exact) mass is 313 g/mol. The quantitative estimate of drug-likeness (QED) is 0.805. The second kappa shape index (κ2) is 5.60. The van der Waals surface area contributed by atoms with Crippen LogP contribution in [0.2, 0.25) is 0 Å². The van der Waals surface area contributed by atoms with Gasteiger partial charge in [-0.05, 0) is 37.3 Å². The molecular weight excluding hydrogens is 293 g/mol. The number of hydrogen-bond donors (Lipinski definition) is 0. The number of fused-ring (bicyclic) bond motifs is 2. The van der Waals surface area contributed by atoms with Crippen LogP contribution in [0.1, 0.15) is 30.1 Å². The molecule has 2 saturated heterocycles. The van der Waals surface area contributed by atoms with Crippen LogP contribution in [0.3, 0.4) is 0 Å². The zero-order chi connectivity index (χ0) is 16.0. The van der Waals surface area contributed by atoms with E-state index in [9.17, 15) is 9.18 Å². The molecule has 2 fully saturated rings. The second-order valence-electron chi connectivity index (χ2n) is 6.66. The van der Waals surface area contributed by atoms with Gasteiger partial charge in [0.25, 0.3) is 5.91 Å². The van der Waals surface area contributed by atoms with Gasteiger partial charge in [-0.3, -0.25) is 4.79 Å². The van der Waals surface area contributed by atoms with E-state index in [1.807, 2.05) is 17.0 Å². The van der Waals surface area contributed by atoms with Crippen molar-refractivity contribution in [2.45, 2.75) is 32.0 Å². The molecule has 0 unspecified atom stereocenters.